The maximum Gasteiger partial charge on any atom is 0.306 e. The van der Waals surface area contributed by atoms with Crippen LogP contribution in [0, 0.1) is 0 Å². The minimum absolute atomic E-state index is 0.105. The molecule has 0 N–H and O–H groups in total. The monoisotopic (exact) mass is 1050 g/mol. The van der Waals surface area contributed by atoms with Crippen LogP contribution in [-0.4, -0.2) is 37.2 Å². The van der Waals surface area contributed by atoms with Crippen molar-refractivity contribution in [2.45, 2.75) is 264 Å². The van der Waals surface area contributed by atoms with Crippen molar-refractivity contribution in [1.29, 1.82) is 0 Å². The Kier molecular flexibility index (Phi) is 58.9. The SMILES string of the molecule is CC/C=C\C/C=C\C/C=C\C/C=C\C/C=C\CCCCCCCC(=O)OCC(COC(=O)CCCCCCC/C=C\C/C=C\CCCCCC)OC(=O)CCCCCCC/C=C\C/C=C\C/C=C\C/C=C\C/C=C\CC. The van der Waals surface area contributed by atoms with Crippen LogP contribution in [0.15, 0.2) is 146 Å². The van der Waals surface area contributed by atoms with Crippen molar-refractivity contribution in [3.8, 4) is 0 Å². The quantitative estimate of drug-likeness (QED) is 0.0261. The highest BCUT2D eigenvalue weighted by molar-refractivity contribution is 5.71. The van der Waals surface area contributed by atoms with Crippen LogP contribution in [0.3, 0.4) is 0 Å². The normalized spacial score (nSPS) is 13.1. The van der Waals surface area contributed by atoms with Crippen molar-refractivity contribution in [2.24, 2.45) is 0 Å². The summed E-state index contributed by atoms with van der Waals surface area (Å²) in [5.74, 6) is -0.958. The van der Waals surface area contributed by atoms with Crippen molar-refractivity contribution in [3.05, 3.63) is 146 Å². The molecule has 0 aliphatic heterocycles. The highest BCUT2D eigenvalue weighted by atomic mass is 16.6. The maximum atomic E-state index is 12.9. The molecule has 6 nitrogen and oxygen atoms in total. The van der Waals surface area contributed by atoms with Gasteiger partial charge in [-0.15, -0.1) is 0 Å². The lowest BCUT2D eigenvalue weighted by Gasteiger charge is -2.18. The third-order valence-electron chi connectivity index (χ3n) is 12.6. The van der Waals surface area contributed by atoms with E-state index >= 15 is 0 Å². The van der Waals surface area contributed by atoms with E-state index in [0.717, 1.165) is 186 Å². The number of allylic oxidation sites excluding steroid dienone is 24. The van der Waals surface area contributed by atoms with Gasteiger partial charge in [-0.2, -0.15) is 0 Å². The van der Waals surface area contributed by atoms with E-state index < -0.39 is 6.10 Å². The summed E-state index contributed by atoms with van der Waals surface area (Å²) in [5.41, 5.74) is 0. The molecule has 0 spiro atoms. The standard InChI is InChI=1S/C70H112O6/c1-4-7-10-13-16-19-22-25-28-31-33-35-37-39-42-45-48-51-54-57-60-63-69(72)75-66-67(65-74-68(71)62-59-56-53-50-47-44-41-30-27-24-21-18-15-12-9-6-3)76-70(73)64-61-58-55-52-49-46-43-40-38-36-34-32-29-26-23-20-17-14-11-8-5-2/h7-8,10-11,16-17,19-21,24-26,28-30,33-36,39-43,67H,4-6,9,12-15,18,22-23,27,31-32,37-38,44-66H2,1-3H3/b10-7-,11-8-,19-16-,20-17-,24-21-,28-25-,29-26-,35-33-,36-34-,41-30-,42-39-,43-40-. The first-order chi connectivity index (χ1) is 37.5. The van der Waals surface area contributed by atoms with E-state index in [9.17, 15) is 14.4 Å². The summed E-state index contributed by atoms with van der Waals surface area (Å²) >= 11 is 0. The average Bonchev–Trinajstić information content (AvgIpc) is 3.42. The lowest BCUT2D eigenvalue weighted by molar-refractivity contribution is -0.167. The molecule has 0 aromatic heterocycles. The Hall–Kier alpha value is -4.71. The second-order valence-electron chi connectivity index (χ2n) is 19.8. The Morgan fingerprint density at radius 2 is 0.513 bits per heavy atom. The van der Waals surface area contributed by atoms with Crippen molar-refractivity contribution in [3.63, 3.8) is 0 Å². The number of ether oxygens (including phenoxy) is 3. The summed E-state index contributed by atoms with van der Waals surface area (Å²) in [6, 6.07) is 0. The minimum Gasteiger partial charge on any atom is -0.462 e. The minimum atomic E-state index is -0.811. The van der Waals surface area contributed by atoms with Crippen LogP contribution in [0.2, 0.25) is 0 Å². The van der Waals surface area contributed by atoms with E-state index in [1.54, 1.807) is 0 Å². The fraction of sp³-hybridized carbons (Fsp3) is 0.614. The number of carbonyl (C=O) groups excluding carboxylic acids is 3. The summed E-state index contributed by atoms with van der Waals surface area (Å²) in [6.45, 7) is 6.35. The van der Waals surface area contributed by atoms with Gasteiger partial charge >= 0.3 is 17.9 Å². The van der Waals surface area contributed by atoms with Crippen LogP contribution in [0.5, 0.6) is 0 Å². The van der Waals surface area contributed by atoms with Crippen molar-refractivity contribution in [1.82, 2.24) is 0 Å². The van der Waals surface area contributed by atoms with Crippen molar-refractivity contribution < 1.29 is 28.6 Å². The molecule has 0 saturated heterocycles. The van der Waals surface area contributed by atoms with Gasteiger partial charge in [-0.1, -0.05) is 244 Å². The highest BCUT2D eigenvalue weighted by Gasteiger charge is 2.19. The number of carbonyl (C=O) groups is 3. The zero-order chi connectivity index (χ0) is 55.0. The maximum absolute atomic E-state index is 12.9. The van der Waals surface area contributed by atoms with Gasteiger partial charge in [-0.3, -0.25) is 14.4 Å². The van der Waals surface area contributed by atoms with Crippen molar-refractivity contribution in [2.75, 3.05) is 13.2 Å². The van der Waals surface area contributed by atoms with Crippen LogP contribution in [0.4, 0.5) is 0 Å². The van der Waals surface area contributed by atoms with E-state index in [0.29, 0.717) is 19.3 Å². The lowest BCUT2D eigenvalue weighted by atomic mass is 10.1. The molecule has 0 aromatic rings. The first kappa shape index (κ1) is 71.3. The van der Waals surface area contributed by atoms with Crippen LogP contribution in [0.25, 0.3) is 0 Å². The van der Waals surface area contributed by atoms with Gasteiger partial charge in [0.1, 0.15) is 13.2 Å². The first-order valence-electron chi connectivity index (χ1n) is 30.8. The van der Waals surface area contributed by atoms with Crippen molar-refractivity contribution >= 4 is 17.9 Å². The van der Waals surface area contributed by atoms with Gasteiger partial charge in [0, 0.05) is 19.3 Å². The highest BCUT2D eigenvalue weighted by Crippen LogP contribution is 2.14. The number of hydrogen-bond donors (Lipinski definition) is 0. The Labute approximate surface area is 467 Å². The summed E-state index contributed by atoms with van der Waals surface area (Å²) in [5, 5.41) is 0. The molecule has 6 heteroatoms. The number of unbranched alkanes of at least 4 members (excludes halogenated alkanes) is 19. The largest absolute Gasteiger partial charge is 0.462 e. The van der Waals surface area contributed by atoms with E-state index in [2.05, 4.69) is 167 Å². The number of esters is 3. The molecule has 0 radical (unpaired) electrons. The third kappa shape index (κ3) is 60.2. The van der Waals surface area contributed by atoms with Crippen LogP contribution in [-0.2, 0) is 28.6 Å². The molecule has 76 heavy (non-hydrogen) atoms. The Morgan fingerprint density at radius 1 is 0.276 bits per heavy atom. The third-order valence-corrected chi connectivity index (χ3v) is 12.6. The van der Waals surface area contributed by atoms with E-state index in [-0.39, 0.29) is 31.1 Å². The molecule has 0 heterocycles. The van der Waals surface area contributed by atoms with Gasteiger partial charge in [-0.25, -0.2) is 0 Å². The van der Waals surface area contributed by atoms with Gasteiger partial charge in [0.15, 0.2) is 6.10 Å². The molecule has 0 aromatic carbocycles. The summed E-state index contributed by atoms with van der Waals surface area (Å²) in [7, 11) is 0. The van der Waals surface area contributed by atoms with Crippen LogP contribution < -0.4 is 0 Å². The zero-order valence-electron chi connectivity index (χ0n) is 49.0. The molecule has 1 unspecified atom stereocenters. The average molecular weight is 1050 g/mol. The number of rotatable bonds is 54. The van der Waals surface area contributed by atoms with E-state index in [1.807, 2.05) is 0 Å². The predicted molar refractivity (Wildman–Crippen MR) is 329 cm³/mol. The second-order valence-corrected chi connectivity index (χ2v) is 19.8. The first-order valence-corrected chi connectivity index (χ1v) is 30.8. The summed E-state index contributed by atoms with van der Waals surface area (Å²) in [6.07, 6.45) is 89.7. The Morgan fingerprint density at radius 3 is 0.803 bits per heavy atom. The molecule has 0 saturated carbocycles. The molecule has 0 amide bonds. The van der Waals surface area contributed by atoms with Gasteiger partial charge in [0.2, 0.25) is 0 Å². The Bertz CT molecular complexity index is 1680. The van der Waals surface area contributed by atoms with Gasteiger partial charge in [0.25, 0.3) is 0 Å². The smallest absolute Gasteiger partial charge is 0.306 e. The van der Waals surface area contributed by atoms with Crippen LogP contribution in [0.1, 0.15) is 258 Å². The van der Waals surface area contributed by atoms with Gasteiger partial charge in [0.05, 0.1) is 0 Å². The molecule has 0 aliphatic rings. The molecular weight excluding hydrogens is 937 g/mol. The molecule has 0 bridgehead atoms. The molecule has 428 valence electrons. The van der Waals surface area contributed by atoms with E-state index in [1.165, 1.54) is 32.1 Å². The predicted octanol–water partition coefficient (Wildman–Crippen LogP) is 21.2. The molecular formula is C70H112O6. The molecule has 0 aliphatic carbocycles. The van der Waals surface area contributed by atoms with E-state index in [4.69, 9.17) is 14.2 Å². The second kappa shape index (κ2) is 62.8. The molecule has 0 rings (SSSR count). The lowest BCUT2D eigenvalue weighted by Crippen LogP contribution is -2.30. The molecule has 1 atom stereocenters. The Balaban J connectivity index is 4.52. The van der Waals surface area contributed by atoms with Gasteiger partial charge < -0.3 is 14.2 Å². The number of hydrogen-bond acceptors (Lipinski definition) is 6. The van der Waals surface area contributed by atoms with Gasteiger partial charge in [-0.05, 0) is 141 Å². The summed E-state index contributed by atoms with van der Waals surface area (Å²) in [4.78, 5) is 38.3. The van der Waals surface area contributed by atoms with Crippen LogP contribution >= 0.6 is 0 Å². The molecule has 0 fully saturated rings. The zero-order valence-corrected chi connectivity index (χ0v) is 49.0. The fourth-order valence-electron chi connectivity index (χ4n) is 8.00. The summed E-state index contributed by atoms with van der Waals surface area (Å²) < 4.78 is 16.9. The topological polar surface area (TPSA) is 78.9 Å². The fourth-order valence-corrected chi connectivity index (χ4v) is 8.00.